The standard InChI is InChI=1S/C14H22ClN3/c1-10-7-13(16)12(15)8-14(10)17-9-11-5-3-4-6-18(11)2/h7-8,11,17H,3-6,9,16H2,1-2H3. The number of nitrogens with one attached hydrogen (secondary N) is 1. The van der Waals surface area contributed by atoms with E-state index in [1.807, 2.05) is 12.1 Å². The molecule has 1 fully saturated rings. The lowest BCUT2D eigenvalue weighted by atomic mass is 10.0. The highest BCUT2D eigenvalue weighted by molar-refractivity contribution is 6.33. The number of halogens is 1. The van der Waals surface area contributed by atoms with Crippen LogP contribution in [0.1, 0.15) is 24.8 Å². The van der Waals surface area contributed by atoms with Crippen molar-refractivity contribution in [2.75, 3.05) is 31.2 Å². The first-order valence-electron chi connectivity index (χ1n) is 6.57. The van der Waals surface area contributed by atoms with Crippen LogP contribution >= 0.6 is 11.6 Å². The molecule has 0 amide bonds. The molecule has 4 heteroatoms. The van der Waals surface area contributed by atoms with E-state index < -0.39 is 0 Å². The molecule has 1 aromatic rings. The fourth-order valence-electron chi connectivity index (χ4n) is 2.52. The van der Waals surface area contributed by atoms with Crippen LogP contribution in [0.3, 0.4) is 0 Å². The molecular formula is C14H22ClN3. The Kier molecular flexibility index (Phi) is 4.36. The Morgan fingerprint density at radius 1 is 1.44 bits per heavy atom. The van der Waals surface area contributed by atoms with Crippen LogP contribution in [-0.2, 0) is 0 Å². The maximum absolute atomic E-state index is 6.06. The van der Waals surface area contributed by atoms with Crippen molar-refractivity contribution < 1.29 is 0 Å². The molecule has 1 aliphatic heterocycles. The van der Waals surface area contributed by atoms with E-state index in [0.717, 1.165) is 17.8 Å². The number of benzene rings is 1. The van der Waals surface area contributed by atoms with E-state index in [4.69, 9.17) is 17.3 Å². The maximum atomic E-state index is 6.06. The van der Waals surface area contributed by atoms with E-state index >= 15 is 0 Å². The number of rotatable bonds is 3. The van der Waals surface area contributed by atoms with Crippen molar-refractivity contribution in [3.63, 3.8) is 0 Å². The molecule has 18 heavy (non-hydrogen) atoms. The number of aryl methyl sites for hydroxylation is 1. The minimum absolute atomic E-state index is 0.620. The molecule has 0 saturated carbocycles. The minimum atomic E-state index is 0.620. The molecule has 1 aromatic carbocycles. The second-order valence-corrected chi connectivity index (χ2v) is 5.61. The zero-order valence-corrected chi connectivity index (χ0v) is 11.9. The first-order valence-corrected chi connectivity index (χ1v) is 6.95. The predicted molar refractivity (Wildman–Crippen MR) is 79.4 cm³/mol. The number of anilines is 2. The lowest BCUT2D eigenvalue weighted by Gasteiger charge is -2.33. The van der Waals surface area contributed by atoms with Gasteiger partial charge in [0.15, 0.2) is 0 Å². The van der Waals surface area contributed by atoms with Gasteiger partial charge in [-0.1, -0.05) is 18.0 Å². The van der Waals surface area contributed by atoms with Crippen LogP contribution < -0.4 is 11.1 Å². The third-order valence-corrected chi connectivity index (χ3v) is 4.12. The quantitative estimate of drug-likeness (QED) is 0.827. The van der Waals surface area contributed by atoms with Gasteiger partial charge in [-0.05, 0) is 51.1 Å². The molecule has 0 spiro atoms. The van der Waals surface area contributed by atoms with Crippen molar-refractivity contribution in [2.24, 2.45) is 0 Å². The molecule has 3 N–H and O–H groups in total. The first-order chi connectivity index (χ1) is 8.58. The van der Waals surface area contributed by atoms with Gasteiger partial charge in [0.1, 0.15) is 0 Å². The summed E-state index contributed by atoms with van der Waals surface area (Å²) in [6.45, 7) is 4.23. The number of hydrogen-bond acceptors (Lipinski definition) is 3. The van der Waals surface area contributed by atoms with Gasteiger partial charge in [0.25, 0.3) is 0 Å². The highest BCUT2D eigenvalue weighted by Gasteiger charge is 2.18. The second-order valence-electron chi connectivity index (χ2n) is 5.20. The Bertz CT molecular complexity index is 420. The summed E-state index contributed by atoms with van der Waals surface area (Å²) >= 11 is 6.06. The molecule has 2 rings (SSSR count). The van der Waals surface area contributed by atoms with E-state index in [1.165, 1.54) is 25.8 Å². The maximum Gasteiger partial charge on any atom is 0.0656 e. The van der Waals surface area contributed by atoms with Gasteiger partial charge in [-0.15, -0.1) is 0 Å². The molecule has 0 radical (unpaired) electrons. The highest BCUT2D eigenvalue weighted by Crippen LogP contribution is 2.27. The monoisotopic (exact) mass is 267 g/mol. The summed E-state index contributed by atoms with van der Waals surface area (Å²) in [5.74, 6) is 0. The smallest absolute Gasteiger partial charge is 0.0656 e. The van der Waals surface area contributed by atoms with Gasteiger partial charge in [-0.2, -0.15) is 0 Å². The largest absolute Gasteiger partial charge is 0.398 e. The summed E-state index contributed by atoms with van der Waals surface area (Å²) < 4.78 is 0. The first kappa shape index (κ1) is 13.5. The van der Waals surface area contributed by atoms with Crippen molar-refractivity contribution in [2.45, 2.75) is 32.2 Å². The lowest BCUT2D eigenvalue weighted by molar-refractivity contribution is 0.194. The number of hydrogen-bond donors (Lipinski definition) is 2. The summed E-state index contributed by atoms with van der Waals surface area (Å²) in [4.78, 5) is 2.44. The Hall–Kier alpha value is -0.930. The Morgan fingerprint density at radius 3 is 2.94 bits per heavy atom. The van der Waals surface area contributed by atoms with Gasteiger partial charge < -0.3 is 16.0 Å². The number of nitrogens with two attached hydrogens (primary N) is 1. The van der Waals surface area contributed by atoms with Crippen molar-refractivity contribution in [3.05, 3.63) is 22.7 Å². The number of nitrogen functional groups attached to an aromatic ring is 1. The zero-order valence-electron chi connectivity index (χ0n) is 11.2. The SMILES string of the molecule is Cc1cc(N)c(Cl)cc1NCC1CCCCN1C. The van der Waals surface area contributed by atoms with Crippen molar-refractivity contribution in [3.8, 4) is 0 Å². The normalized spacial score (nSPS) is 20.9. The summed E-state index contributed by atoms with van der Waals surface area (Å²) in [7, 11) is 2.20. The van der Waals surface area contributed by atoms with Crippen LogP contribution in [0.25, 0.3) is 0 Å². The molecule has 0 bridgehead atoms. The Morgan fingerprint density at radius 2 is 2.22 bits per heavy atom. The topological polar surface area (TPSA) is 41.3 Å². The summed E-state index contributed by atoms with van der Waals surface area (Å²) in [6.07, 6.45) is 3.92. The van der Waals surface area contributed by atoms with E-state index in [-0.39, 0.29) is 0 Å². The molecule has 1 unspecified atom stereocenters. The van der Waals surface area contributed by atoms with Gasteiger partial charge in [0, 0.05) is 18.3 Å². The summed E-state index contributed by atoms with van der Waals surface area (Å²) in [6, 6.07) is 4.47. The van der Waals surface area contributed by atoms with Crippen molar-refractivity contribution >= 4 is 23.0 Å². The van der Waals surface area contributed by atoms with Crippen LogP contribution in [0.5, 0.6) is 0 Å². The molecule has 1 heterocycles. The van der Waals surface area contributed by atoms with Crippen LogP contribution in [0, 0.1) is 6.92 Å². The van der Waals surface area contributed by atoms with Crippen molar-refractivity contribution in [1.29, 1.82) is 0 Å². The van der Waals surface area contributed by atoms with Gasteiger partial charge in [-0.3, -0.25) is 0 Å². The molecule has 0 aliphatic carbocycles. The minimum Gasteiger partial charge on any atom is -0.398 e. The third-order valence-electron chi connectivity index (χ3n) is 3.79. The fraction of sp³-hybridized carbons (Fsp3) is 0.571. The second kappa shape index (κ2) is 5.81. The average molecular weight is 268 g/mol. The third kappa shape index (κ3) is 3.09. The molecule has 1 saturated heterocycles. The zero-order chi connectivity index (χ0) is 13.1. The van der Waals surface area contributed by atoms with Gasteiger partial charge in [-0.25, -0.2) is 0 Å². The van der Waals surface area contributed by atoms with Crippen LogP contribution in [-0.4, -0.2) is 31.1 Å². The number of likely N-dealkylation sites (tertiary alicyclic amines) is 1. The number of piperidine rings is 1. The van der Waals surface area contributed by atoms with Gasteiger partial charge in [0.05, 0.1) is 10.7 Å². The van der Waals surface area contributed by atoms with E-state index in [0.29, 0.717) is 16.8 Å². The van der Waals surface area contributed by atoms with E-state index in [1.54, 1.807) is 0 Å². The van der Waals surface area contributed by atoms with E-state index in [9.17, 15) is 0 Å². The Labute approximate surface area is 114 Å². The predicted octanol–water partition coefficient (Wildman–Crippen LogP) is 3.13. The average Bonchev–Trinajstić information content (AvgIpc) is 2.34. The Balaban J connectivity index is 1.99. The molecule has 100 valence electrons. The molecule has 1 aliphatic rings. The number of likely N-dealkylation sites (N-methyl/N-ethyl adjacent to an activating group) is 1. The van der Waals surface area contributed by atoms with Crippen molar-refractivity contribution in [1.82, 2.24) is 4.90 Å². The van der Waals surface area contributed by atoms with Crippen LogP contribution in [0.15, 0.2) is 12.1 Å². The molecular weight excluding hydrogens is 246 g/mol. The molecule has 1 atom stereocenters. The van der Waals surface area contributed by atoms with Crippen LogP contribution in [0.4, 0.5) is 11.4 Å². The summed E-state index contributed by atoms with van der Waals surface area (Å²) in [5.41, 5.74) is 8.67. The van der Waals surface area contributed by atoms with Crippen LogP contribution in [0.2, 0.25) is 5.02 Å². The molecule has 0 aromatic heterocycles. The van der Waals surface area contributed by atoms with E-state index in [2.05, 4.69) is 24.2 Å². The fourth-order valence-corrected chi connectivity index (χ4v) is 2.69. The number of nitrogens with zero attached hydrogens (tertiary/aromatic N) is 1. The van der Waals surface area contributed by atoms with Gasteiger partial charge >= 0.3 is 0 Å². The summed E-state index contributed by atoms with van der Waals surface area (Å²) in [5, 5.41) is 4.12. The van der Waals surface area contributed by atoms with Gasteiger partial charge in [0.2, 0.25) is 0 Å². The lowest BCUT2D eigenvalue weighted by Crippen LogP contribution is -2.40. The highest BCUT2D eigenvalue weighted by atomic mass is 35.5. The molecule has 3 nitrogen and oxygen atoms in total.